The smallest absolute Gasteiger partial charge is 0.305 e. The molecule has 0 spiro atoms. The molecule has 10 heteroatoms. The van der Waals surface area contributed by atoms with Crippen LogP contribution in [0.3, 0.4) is 0 Å². The van der Waals surface area contributed by atoms with Crippen molar-refractivity contribution in [1.82, 2.24) is 0 Å². The first-order chi connectivity index (χ1) is 17.0. The Morgan fingerprint density at radius 3 is 1.72 bits per heavy atom. The molecule has 2 aromatic rings. The second-order valence-electron chi connectivity index (χ2n) is 8.77. The molecule has 0 heterocycles. The fraction of sp³-hybridized carbons (Fsp3) is 0.500. The zero-order chi connectivity index (χ0) is 26.6. The minimum absolute atomic E-state index is 0.000182. The van der Waals surface area contributed by atoms with E-state index in [-0.39, 0.29) is 15.8 Å². The van der Waals surface area contributed by atoms with Crippen molar-refractivity contribution in [1.29, 1.82) is 0 Å². The average Bonchev–Trinajstić information content (AvgIpc) is 2.84. The van der Waals surface area contributed by atoms with Gasteiger partial charge >= 0.3 is 5.97 Å². The Kier molecular flexibility index (Phi) is 12.0. The van der Waals surface area contributed by atoms with Crippen LogP contribution >= 0.6 is 0 Å². The van der Waals surface area contributed by atoms with Gasteiger partial charge in [-0.15, -0.1) is 0 Å². The second-order valence-corrected chi connectivity index (χ2v) is 12.0. The predicted octanol–water partition coefficient (Wildman–Crippen LogP) is 5.08. The minimum atomic E-state index is -4.10. The SMILES string of the molecule is COC(=O)CCCCCCCCC(COS(=O)(=O)c1ccc(C)cc1)OS(=O)(=O)c1ccc(C)cc1. The molecule has 0 bridgehead atoms. The van der Waals surface area contributed by atoms with Crippen LogP contribution in [-0.4, -0.2) is 42.6 Å². The van der Waals surface area contributed by atoms with Gasteiger partial charge in [0.05, 0.1) is 23.5 Å². The van der Waals surface area contributed by atoms with Crippen LogP contribution in [0.4, 0.5) is 0 Å². The van der Waals surface area contributed by atoms with Crippen LogP contribution in [0.15, 0.2) is 58.3 Å². The van der Waals surface area contributed by atoms with Gasteiger partial charge < -0.3 is 4.74 Å². The van der Waals surface area contributed by atoms with E-state index in [2.05, 4.69) is 4.74 Å². The molecule has 36 heavy (non-hydrogen) atoms. The number of aryl methyl sites for hydroxylation is 2. The number of hydrogen-bond donors (Lipinski definition) is 0. The summed E-state index contributed by atoms with van der Waals surface area (Å²) in [5.41, 5.74) is 1.81. The molecule has 0 amide bonds. The number of ether oxygens (including phenoxy) is 1. The first kappa shape index (κ1) is 30.0. The van der Waals surface area contributed by atoms with E-state index in [1.165, 1.54) is 31.4 Å². The third-order valence-corrected chi connectivity index (χ3v) is 8.35. The highest BCUT2D eigenvalue weighted by atomic mass is 32.2. The van der Waals surface area contributed by atoms with E-state index in [0.717, 1.165) is 43.2 Å². The maximum absolute atomic E-state index is 12.8. The number of rotatable bonds is 16. The van der Waals surface area contributed by atoms with Crippen molar-refractivity contribution in [3.05, 3.63) is 59.7 Å². The van der Waals surface area contributed by atoms with Crippen LogP contribution in [0.2, 0.25) is 0 Å². The van der Waals surface area contributed by atoms with Crippen LogP contribution in [-0.2, 0) is 38.1 Å². The molecule has 2 aromatic carbocycles. The van der Waals surface area contributed by atoms with E-state index in [4.69, 9.17) is 8.37 Å². The van der Waals surface area contributed by atoms with Gasteiger partial charge in [-0.3, -0.25) is 13.2 Å². The van der Waals surface area contributed by atoms with Crippen molar-refractivity contribution in [3.8, 4) is 0 Å². The standard InChI is InChI=1S/C26H36O8S2/c1-21-12-16-24(17-13-21)35(28,29)33-20-23(10-8-6-4-5-7-9-11-26(27)32-3)34-36(30,31)25-18-14-22(2)15-19-25/h12-19,23H,4-11,20H2,1-3H3. The Hall–Kier alpha value is -2.27. The van der Waals surface area contributed by atoms with E-state index >= 15 is 0 Å². The Morgan fingerprint density at radius 1 is 0.722 bits per heavy atom. The van der Waals surface area contributed by atoms with Gasteiger partial charge in [0, 0.05) is 6.42 Å². The molecular weight excluding hydrogens is 504 g/mol. The van der Waals surface area contributed by atoms with E-state index in [1.807, 2.05) is 13.8 Å². The quantitative estimate of drug-likeness (QED) is 0.165. The molecule has 200 valence electrons. The van der Waals surface area contributed by atoms with Crippen molar-refractivity contribution in [2.45, 2.75) is 81.1 Å². The summed E-state index contributed by atoms with van der Waals surface area (Å²) in [4.78, 5) is 11.2. The van der Waals surface area contributed by atoms with Gasteiger partial charge in [-0.25, -0.2) is 0 Å². The minimum Gasteiger partial charge on any atom is -0.469 e. The molecule has 0 aliphatic carbocycles. The average molecular weight is 541 g/mol. The monoisotopic (exact) mass is 540 g/mol. The number of carbonyl (C=O) groups excluding carboxylic acids is 1. The molecule has 0 saturated carbocycles. The first-order valence-corrected chi connectivity index (χ1v) is 14.9. The molecule has 0 aromatic heterocycles. The zero-order valence-corrected chi connectivity index (χ0v) is 22.8. The molecule has 0 aliphatic heterocycles. The first-order valence-electron chi connectivity index (χ1n) is 12.1. The third-order valence-electron chi connectivity index (χ3n) is 5.68. The van der Waals surface area contributed by atoms with Crippen molar-refractivity contribution >= 4 is 26.2 Å². The summed E-state index contributed by atoms with van der Waals surface area (Å²) in [5.74, 6) is -0.217. The van der Waals surface area contributed by atoms with Crippen molar-refractivity contribution in [3.63, 3.8) is 0 Å². The topological polar surface area (TPSA) is 113 Å². The molecule has 8 nitrogen and oxygen atoms in total. The number of methoxy groups -OCH3 is 1. The summed E-state index contributed by atoms with van der Waals surface area (Å²) in [6, 6.07) is 12.5. The highest BCUT2D eigenvalue weighted by molar-refractivity contribution is 7.87. The molecule has 0 radical (unpaired) electrons. The zero-order valence-electron chi connectivity index (χ0n) is 21.1. The van der Waals surface area contributed by atoms with Gasteiger partial charge in [-0.2, -0.15) is 16.8 Å². The maximum atomic E-state index is 12.8. The number of benzene rings is 2. The van der Waals surface area contributed by atoms with E-state index < -0.39 is 32.9 Å². The largest absolute Gasteiger partial charge is 0.469 e. The second kappa shape index (κ2) is 14.5. The van der Waals surface area contributed by atoms with Crippen LogP contribution in [0, 0.1) is 13.8 Å². The van der Waals surface area contributed by atoms with Gasteiger partial charge in [-0.05, 0) is 51.0 Å². The summed E-state index contributed by atoms with van der Waals surface area (Å²) >= 11 is 0. The summed E-state index contributed by atoms with van der Waals surface area (Å²) in [7, 11) is -6.79. The number of unbranched alkanes of at least 4 members (excludes halogenated alkanes) is 5. The molecule has 0 N–H and O–H groups in total. The van der Waals surface area contributed by atoms with Crippen molar-refractivity contribution in [2.75, 3.05) is 13.7 Å². The molecule has 0 fully saturated rings. The Labute approximate surface area is 215 Å². The lowest BCUT2D eigenvalue weighted by molar-refractivity contribution is -0.140. The van der Waals surface area contributed by atoms with Gasteiger partial charge in [-0.1, -0.05) is 67.5 Å². The fourth-order valence-corrected chi connectivity index (χ4v) is 5.51. The van der Waals surface area contributed by atoms with Gasteiger partial charge in [0.1, 0.15) is 6.10 Å². The summed E-state index contributed by atoms with van der Waals surface area (Å²) < 4.78 is 66.1. The molecule has 1 atom stereocenters. The highest BCUT2D eigenvalue weighted by Gasteiger charge is 2.25. The molecular formula is C26H36O8S2. The Morgan fingerprint density at radius 2 is 1.19 bits per heavy atom. The fourth-order valence-electron chi connectivity index (χ4n) is 3.49. The van der Waals surface area contributed by atoms with Gasteiger partial charge in [0.25, 0.3) is 20.2 Å². The molecule has 0 saturated heterocycles. The summed E-state index contributed by atoms with van der Waals surface area (Å²) in [5, 5.41) is 0. The Balaban J connectivity index is 1.96. The summed E-state index contributed by atoms with van der Waals surface area (Å²) in [6.45, 7) is 3.27. The lowest BCUT2D eigenvalue weighted by atomic mass is 10.1. The van der Waals surface area contributed by atoms with E-state index in [9.17, 15) is 21.6 Å². The van der Waals surface area contributed by atoms with Crippen LogP contribution in [0.5, 0.6) is 0 Å². The maximum Gasteiger partial charge on any atom is 0.305 e. The van der Waals surface area contributed by atoms with Crippen LogP contribution < -0.4 is 0 Å². The lowest BCUT2D eigenvalue weighted by Gasteiger charge is -2.18. The molecule has 2 rings (SSSR count). The third kappa shape index (κ3) is 10.4. The highest BCUT2D eigenvalue weighted by Crippen LogP contribution is 2.21. The van der Waals surface area contributed by atoms with Gasteiger partial charge in [0.15, 0.2) is 0 Å². The number of hydrogen-bond acceptors (Lipinski definition) is 8. The lowest BCUT2D eigenvalue weighted by Crippen LogP contribution is -2.26. The van der Waals surface area contributed by atoms with Crippen LogP contribution in [0.25, 0.3) is 0 Å². The van der Waals surface area contributed by atoms with Crippen molar-refractivity contribution in [2.24, 2.45) is 0 Å². The predicted molar refractivity (Wildman–Crippen MR) is 137 cm³/mol. The molecule has 0 aliphatic rings. The Bertz CT molecular complexity index is 1160. The number of esters is 1. The van der Waals surface area contributed by atoms with Gasteiger partial charge in [0.2, 0.25) is 0 Å². The molecule has 1 unspecified atom stereocenters. The normalized spacial score (nSPS) is 12.9. The van der Waals surface area contributed by atoms with Crippen molar-refractivity contribution < 1.29 is 34.7 Å². The summed E-state index contributed by atoms with van der Waals surface area (Å²) in [6.07, 6.45) is 4.70. The van der Waals surface area contributed by atoms with E-state index in [0.29, 0.717) is 19.3 Å². The van der Waals surface area contributed by atoms with Crippen LogP contribution in [0.1, 0.15) is 62.5 Å². The van der Waals surface area contributed by atoms with E-state index in [1.54, 1.807) is 24.3 Å². The number of carbonyl (C=O) groups is 1.